The van der Waals surface area contributed by atoms with Crippen LogP contribution < -0.4 is 14.2 Å². The van der Waals surface area contributed by atoms with E-state index in [9.17, 15) is 4.79 Å². The fourth-order valence-corrected chi connectivity index (χ4v) is 3.58. The number of fused-ring (bicyclic) bond motifs is 1. The average Bonchev–Trinajstić information content (AvgIpc) is 2.65. The molecule has 6 heteroatoms. The quantitative estimate of drug-likeness (QED) is 0.778. The number of rotatable bonds is 4. The first kappa shape index (κ1) is 17.6. The lowest BCUT2D eigenvalue weighted by Crippen LogP contribution is -2.36. The SMILES string of the molecule is COc1ccc(C(=O)N2CCc3cc(OC)c(OC)cc3C2)cc1Br. The predicted molar refractivity (Wildman–Crippen MR) is 98.7 cm³/mol. The molecule has 1 amide bonds. The van der Waals surface area contributed by atoms with Crippen LogP contribution in [0.2, 0.25) is 0 Å². The highest BCUT2D eigenvalue weighted by Gasteiger charge is 2.24. The summed E-state index contributed by atoms with van der Waals surface area (Å²) in [4.78, 5) is 14.7. The minimum atomic E-state index is 0.00351. The summed E-state index contributed by atoms with van der Waals surface area (Å²) in [6.45, 7) is 1.23. The van der Waals surface area contributed by atoms with Crippen molar-refractivity contribution in [2.24, 2.45) is 0 Å². The summed E-state index contributed by atoms with van der Waals surface area (Å²) in [5.41, 5.74) is 2.92. The first-order valence-electron chi connectivity index (χ1n) is 7.94. The monoisotopic (exact) mass is 405 g/mol. The largest absolute Gasteiger partial charge is 0.496 e. The Morgan fingerprint density at radius 3 is 2.20 bits per heavy atom. The highest BCUT2D eigenvalue weighted by molar-refractivity contribution is 9.10. The van der Waals surface area contributed by atoms with Crippen molar-refractivity contribution in [3.63, 3.8) is 0 Å². The fourth-order valence-electron chi connectivity index (χ4n) is 3.04. The molecule has 132 valence electrons. The second kappa shape index (κ2) is 7.35. The number of ether oxygens (including phenoxy) is 3. The first-order chi connectivity index (χ1) is 12.1. The van der Waals surface area contributed by atoms with Gasteiger partial charge in [-0.3, -0.25) is 4.79 Å². The van der Waals surface area contributed by atoms with Gasteiger partial charge in [-0.2, -0.15) is 0 Å². The molecule has 3 rings (SSSR count). The molecule has 5 nitrogen and oxygen atoms in total. The van der Waals surface area contributed by atoms with E-state index in [4.69, 9.17) is 14.2 Å². The third kappa shape index (κ3) is 3.44. The third-order valence-corrected chi connectivity index (χ3v) is 5.02. The van der Waals surface area contributed by atoms with Crippen LogP contribution in [-0.4, -0.2) is 38.7 Å². The zero-order chi connectivity index (χ0) is 18.0. The molecular formula is C19H20BrNO4. The summed E-state index contributed by atoms with van der Waals surface area (Å²) in [5, 5.41) is 0. The van der Waals surface area contributed by atoms with Gasteiger partial charge in [-0.1, -0.05) is 0 Å². The summed E-state index contributed by atoms with van der Waals surface area (Å²) < 4.78 is 16.7. The maximum atomic E-state index is 12.8. The van der Waals surface area contributed by atoms with Crippen molar-refractivity contribution >= 4 is 21.8 Å². The van der Waals surface area contributed by atoms with Gasteiger partial charge in [-0.25, -0.2) is 0 Å². The lowest BCUT2D eigenvalue weighted by molar-refractivity contribution is 0.0734. The molecule has 0 bridgehead atoms. The van der Waals surface area contributed by atoms with Gasteiger partial charge < -0.3 is 19.1 Å². The molecule has 0 aliphatic carbocycles. The molecule has 0 unspecified atom stereocenters. The van der Waals surface area contributed by atoms with E-state index in [-0.39, 0.29) is 5.91 Å². The van der Waals surface area contributed by atoms with E-state index in [0.29, 0.717) is 30.2 Å². The summed E-state index contributed by atoms with van der Waals surface area (Å²) in [6.07, 6.45) is 0.790. The molecule has 0 N–H and O–H groups in total. The number of amides is 1. The molecule has 1 aliphatic rings. The van der Waals surface area contributed by atoms with Crippen molar-refractivity contribution < 1.29 is 19.0 Å². The molecule has 0 saturated heterocycles. The number of methoxy groups -OCH3 is 3. The number of benzene rings is 2. The normalized spacial score (nSPS) is 13.2. The number of hydrogen-bond donors (Lipinski definition) is 0. The molecule has 0 spiro atoms. The van der Waals surface area contributed by atoms with Crippen LogP contribution in [0.25, 0.3) is 0 Å². The third-order valence-electron chi connectivity index (χ3n) is 4.40. The minimum absolute atomic E-state index is 0.00351. The van der Waals surface area contributed by atoms with Gasteiger partial charge in [-0.05, 0) is 63.8 Å². The number of hydrogen-bond acceptors (Lipinski definition) is 4. The molecule has 2 aromatic carbocycles. The molecule has 25 heavy (non-hydrogen) atoms. The van der Waals surface area contributed by atoms with Crippen molar-refractivity contribution in [3.8, 4) is 17.2 Å². The second-order valence-electron chi connectivity index (χ2n) is 5.80. The molecule has 0 atom stereocenters. The Balaban J connectivity index is 1.84. The minimum Gasteiger partial charge on any atom is -0.496 e. The highest BCUT2D eigenvalue weighted by atomic mass is 79.9. The van der Waals surface area contributed by atoms with Crippen molar-refractivity contribution in [3.05, 3.63) is 51.5 Å². The summed E-state index contributed by atoms with van der Waals surface area (Å²) in [5.74, 6) is 2.11. The van der Waals surface area contributed by atoms with Crippen molar-refractivity contribution in [2.45, 2.75) is 13.0 Å². The van der Waals surface area contributed by atoms with Crippen LogP contribution in [0, 0.1) is 0 Å². The van der Waals surface area contributed by atoms with Crippen LogP contribution in [0.15, 0.2) is 34.8 Å². The van der Waals surface area contributed by atoms with E-state index >= 15 is 0 Å². The van der Waals surface area contributed by atoms with Crippen LogP contribution >= 0.6 is 15.9 Å². The van der Waals surface area contributed by atoms with Gasteiger partial charge in [0.2, 0.25) is 0 Å². The molecule has 2 aromatic rings. The topological polar surface area (TPSA) is 48.0 Å². The highest BCUT2D eigenvalue weighted by Crippen LogP contribution is 2.34. The number of carbonyl (C=O) groups excluding carboxylic acids is 1. The van der Waals surface area contributed by atoms with Crippen LogP contribution in [0.4, 0.5) is 0 Å². The summed E-state index contributed by atoms with van der Waals surface area (Å²) in [7, 11) is 4.85. The van der Waals surface area contributed by atoms with Gasteiger partial charge in [0, 0.05) is 18.7 Å². The van der Waals surface area contributed by atoms with Gasteiger partial charge in [-0.15, -0.1) is 0 Å². The van der Waals surface area contributed by atoms with Crippen molar-refractivity contribution in [1.82, 2.24) is 4.90 Å². The van der Waals surface area contributed by atoms with Crippen molar-refractivity contribution in [2.75, 3.05) is 27.9 Å². The molecule has 0 fully saturated rings. The van der Waals surface area contributed by atoms with Crippen LogP contribution in [0.5, 0.6) is 17.2 Å². The molecule has 0 aromatic heterocycles. The van der Waals surface area contributed by atoms with Crippen molar-refractivity contribution in [1.29, 1.82) is 0 Å². The first-order valence-corrected chi connectivity index (χ1v) is 8.73. The van der Waals surface area contributed by atoms with Crippen LogP contribution in [-0.2, 0) is 13.0 Å². The smallest absolute Gasteiger partial charge is 0.254 e. The van der Waals surface area contributed by atoms with Gasteiger partial charge in [0.1, 0.15) is 5.75 Å². The van der Waals surface area contributed by atoms with E-state index in [2.05, 4.69) is 15.9 Å². The Hall–Kier alpha value is -2.21. The van der Waals surface area contributed by atoms with Gasteiger partial charge in [0.25, 0.3) is 5.91 Å². The molecular weight excluding hydrogens is 386 g/mol. The van der Waals surface area contributed by atoms with E-state index < -0.39 is 0 Å². The zero-order valence-corrected chi connectivity index (χ0v) is 16.1. The Morgan fingerprint density at radius 1 is 0.960 bits per heavy atom. The zero-order valence-electron chi connectivity index (χ0n) is 14.5. The summed E-state index contributed by atoms with van der Waals surface area (Å²) in [6, 6.07) is 9.34. The van der Waals surface area contributed by atoms with Gasteiger partial charge in [0.05, 0.1) is 25.8 Å². The molecule has 1 aliphatic heterocycles. The lowest BCUT2D eigenvalue weighted by atomic mass is 9.98. The molecule has 0 radical (unpaired) electrons. The van der Waals surface area contributed by atoms with Gasteiger partial charge >= 0.3 is 0 Å². The van der Waals surface area contributed by atoms with Gasteiger partial charge in [0.15, 0.2) is 11.5 Å². The van der Waals surface area contributed by atoms with E-state index in [0.717, 1.165) is 22.2 Å². The van der Waals surface area contributed by atoms with E-state index in [1.54, 1.807) is 39.5 Å². The molecule has 0 saturated carbocycles. The fraction of sp³-hybridized carbons (Fsp3) is 0.316. The predicted octanol–water partition coefficient (Wildman–Crippen LogP) is 3.67. The molecule has 1 heterocycles. The number of nitrogens with zero attached hydrogens (tertiary/aromatic N) is 1. The number of halogens is 1. The average molecular weight is 406 g/mol. The Labute approximate surface area is 155 Å². The Morgan fingerprint density at radius 2 is 1.60 bits per heavy atom. The summed E-state index contributed by atoms with van der Waals surface area (Å²) >= 11 is 3.43. The number of carbonyl (C=O) groups is 1. The Kier molecular flexibility index (Phi) is 5.18. The van der Waals surface area contributed by atoms with Crippen LogP contribution in [0.3, 0.4) is 0 Å². The maximum absolute atomic E-state index is 12.8. The maximum Gasteiger partial charge on any atom is 0.254 e. The van der Waals surface area contributed by atoms with Crippen LogP contribution in [0.1, 0.15) is 21.5 Å². The van der Waals surface area contributed by atoms with E-state index in [1.165, 1.54) is 5.56 Å². The second-order valence-corrected chi connectivity index (χ2v) is 6.66. The standard InChI is InChI=1S/C19H20BrNO4/c1-23-16-5-4-13(8-15(16)20)19(22)21-7-6-12-9-17(24-2)18(25-3)10-14(12)11-21/h4-5,8-10H,6-7,11H2,1-3H3. The lowest BCUT2D eigenvalue weighted by Gasteiger charge is -2.30. The van der Waals surface area contributed by atoms with E-state index in [1.807, 2.05) is 17.0 Å². The Bertz CT molecular complexity index is 806.